The van der Waals surface area contributed by atoms with Gasteiger partial charge in [0, 0.05) is 6.61 Å². The van der Waals surface area contributed by atoms with E-state index in [0.717, 1.165) is 24.3 Å². The van der Waals surface area contributed by atoms with Crippen LogP contribution in [0, 0.1) is 5.92 Å². The number of carbonyl (C=O) groups is 1. The molecule has 7 heteroatoms. The summed E-state index contributed by atoms with van der Waals surface area (Å²) < 4.78 is 31.4. The number of rotatable bonds is 4. The van der Waals surface area contributed by atoms with Crippen LogP contribution in [0.1, 0.15) is 39.5 Å². The van der Waals surface area contributed by atoms with Crippen LogP contribution in [0.4, 0.5) is 0 Å². The van der Waals surface area contributed by atoms with Crippen molar-refractivity contribution >= 4 is 27.6 Å². The van der Waals surface area contributed by atoms with Gasteiger partial charge in [0.15, 0.2) is 15.1 Å². The van der Waals surface area contributed by atoms with Crippen molar-refractivity contribution in [2.75, 3.05) is 18.1 Å². The number of aliphatic carboxylic acids is 1. The Labute approximate surface area is 130 Å². The van der Waals surface area contributed by atoms with Gasteiger partial charge in [-0.15, -0.1) is 0 Å². The maximum Gasteiger partial charge on any atom is 0.322 e. The molecule has 5 nitrogen and oxygen atoms in total. The van der Waals surface area contributed by atoms with Gasteiger partial charge in [-0.3, -0.25) is 4.79 Å². The molecule has 1 N–H and O–H groups in total. The lowest BCUT2D eigenvalue weighted by Gasteiger charge is -2.43. The Morgan fingerprint density at radius 2 is 1.95 bits per heavy atom. The molecule has 1 spiro atoms. The maximum atomic E-state index is 12.8. The molecule has 0 radical (unpaired) electrons. The molecule has 2 fully saturated rings. The molecular weight excluding hydrogens is 312 g/mol. The summed E-state index contributed by atoms with van der Waals surface area (Å²) >= 11 is 1.86. The smallest absolute Gasteiger partial charge is 0.322 e. The van der Waals surface area contributed by atoms with Crippen LogP contribution >= 0.6 is 11.8 Å². The lowest BCUT2D eigenvalue weighted by Crippen LogP contribution is -2.50. The third-order valence-electron chi connectivity index (χ3n) is 4.52. The number of carboxylic acid groups (broad SMARTS) is 1. The van der Waals surface area contributed by atoms with Crippen molar-refractivity contribution < 1.29 is 23.1 Å². The number of ether oxygens (including phenoxy) is 1. The van der Waals surface area contributed by atoms with Gasteiger partial charge in [0.2, 0.25) is 0 Å². The van der Waals surface area contributed by atoms with E-state index in [4.69, 9.17) is 4.74 Å². The molecule has 21 heavy (non-hydrogen) atoms. The average molecular weight is 336 g/mol. The molecule has 2 heterocycles. The maximum absolute atomic E-state index is 12.8. The zero-order valence-corrected chi connectivity index (χ0v) is 14.2. The monoisotopic (exact) mass is 336 g/mol. The zero-order valence-electron chi connectivity index (χ0n) is 12.6. The number of carboxylic acids is 1. The first kappa shape index (κ1) is 17.1. The first-order valence-electron chi connectivity index (χ1n) is 7.46. The highest BCUT2D eigenvalue weighted by molar-refractivity contribution is 7.99. The zero-order chi connectivity index (χ0) is 15.7. The Morgan fingerprint density at radius 3 is 2.48 bits per heavy atom. The Bertz CT molecular complexity index is 474. The summed E-state index contributed by atoms with van der Waals surface area (Å²) in [6, 6.07) is 0. The highest BCUT2D eigenvalue weighted by atomic mass is 32.2. The fraction of sp³-hybridized carbons (Fsp3) is 0.929. The molecule has 122 valence electrons. The van der Waals surface area contributed by atoms with Crippen LogP contribution in [-0.2, 0) is 19.4 Å². The lowest BCUT2D eigenvalue weighted by atomic mass is 9.88. The second-order valence-electron chi connectivity index (χ2n) is 6.35. The van der Waals surface area contributed by atoms with Crippen LogP contribution in [0.15, 0.2) is 0 Å². The molecule has 0 aliphatic carbocycles. The number of sulfone groups is 1. The SMILES string of the molecule is CC(C)C(C(=O)O)S(=O)(=O)C1CCOC2(CCSCC2)C1. The molecule has 0 aromatic rings. The third-order valence-corrected chi connectivity index (χ3v) is 8.29. The van der Waals surface area contributed by atoms with Gasteiger partial charge < -0.3 is 9.84 Å². The van der Waals surface area contributed by atoms with Crippen LogP contribution in [0.2, 0.25) is 0 Å². The molecular formula is C14H24O5S2. The second-order valence-corrected chi connectivity index (χ2v) is 9.93. The minimum absolute atomic E-state index is 0.346. The minimum Gasteiger partial charge on any atom is -0.480 e. The van der Waals surface area contributed by atoms with Crippen molar-refractivity contribution in [1.29, 1.82) is 0 Å². The highest BCUT2D eigenvalue weighted by Gasteiger charge is 2.47. The number of hydrogen-bond acceptors (Lipinski definition) is 5. The van der Waals surface area contributed by atoms with Crippen molar-refractivity contribution in [3.63, 3.8) is 0 Å². The fourth-order valence-corrected chi connectivity index (χ4v) is 7.02. The molecule has 2 rings (SSSR count). The van der Waals surface area contributed by atoms with Crippen molar-refractivity contribution in [2.24, 2.45) is 5.92 Å². The summed E-state index contributed by atoms with van der Waals surface area (Å²) in [6.45, 7) is 3.73. The minimum atomic E-state index is -3.68. The van der Waals surface area contributed by atoms with Crippen molar-refractivity contribution in [1.82, 2.24) is 0 Å². The van der Waals surface area contributed by atoms with Crippen molar-refractivity contribution in [3.05, 3.63) is 0 Å². The summed E-state index contributed by atoms with van der Waals surface area (Å²) in [6.07, 6.45) is 2.59. The first-order valence-corrected chi connectivity index (χ1v) is 10.2. The lowest BCUT2D eigenvalue weighted by molar-refractivity contribution is -0.137. The van der Waals surface area contributed by atoms with Crippen molar-refractivity contribution in [3.8, 4) is 0 Å². The van der Waals surface area contributed by atoms with E-state index in [9.17, 15) is 18.3 Å². The van der Waals surface area contributed by atoms with E-state index in [1.54, 1.807) is 13.8 Å². The fourth-order valence-electron chi connectivity index (χ4n) is 3.37. The standard InChI is InChI=1S/C14H24O5S2/c1-10(2)12(13(15)16)21(17,18)11-3-6-19-14(9-11)4-7-20-8-5-14/h10-12H,3-9H2,1-2H3,(H,15,16). The Hall–Kier alpha value is -0.270. The molecule has 2 aliphatic heterocycles. The van der Waals surface area contributed by atoms with Crippen LogP contribution in [-0.4, -0.2) is 53.7 Å². The molecule has 0 amide bonds. The van der Waals surface area contributed by atoms with Crippen LogP contribution < -0.4 is 0 Å². The van der Waals surface area contributed by atoms with E-state index < -0.39 is 32.2 Å². The number of thioether (sulfide) groups is 1. The van der Waals surface area contributed by atoms with Crippen molar-refractivity contribution in [2.45, 2.75) is 55.6 Å². The van der Waals surface area contributed by atoms with E-state index in [1.165, 1.54) is 0 Å². The molecule has 0 aromatic heterocycles. The van der Waals surface area contributed by atoms with E-state index in [-0.39, 0.29) is 5.60 Å². The topological polar surface area (TPSA) is 80.7 Å². The van der Waals surface area contributed by atoms with Gasteiger partial charge >= 0.3 is 5.97 Å². The Kier molecular flexibility index (Phi) is 5.26. The largest absolute Gasteiger partial charge is 0.480 e. The van der Waals surface area contributed by atoms with E-state index in [1.807, 2.05) is 11.8 Å². The quantitative estimate of drug-likeness (QED) is 0.845. The second kappa shape index (κ2) is 6.46. The van der Waals surface area contributed by atoms with Gasteiger partial charge in [0.05, 0.1) is 10.9 Å². The van der Waals surface area contributed by atoms with Gasteiger partial charge in [0.1, 0.15) is 0 Å². The summed E-state index contributed by atoms with van der Waals surface area (Å²) in [4.78, 5) is 11.4. The van der Waals surface area contributed by atoms with Crippen LogP contribution in [0.5, 0.6) is 0 Å². The molecule has 2 aliphatic rings. The number of hydrogen-bond donors (Lipinski definition) is 1. The highest BCUT2D eigenvalue weighted by Crippen LogP contribution is 2.40. The summed E-state index contributed by atoms with van der Waals surface area (Å²) in [5, 5.41) is 7.40. The summed E-state index contributed by atoms with van der Waals surface area (Å²) in [5.41, 5.74) is -0.346. The van der Waals surface area contributed by atoms with E-state index in [0.29, 0.717) is 19.4 Å². The molecule has 2 saturated heterocycles. The predicted octanol–water partition coefficient (Wildman–Crippen LogP) is 1.96. The van der Waals surface area contributed by atoms with Gasteiger partial charge in [0.25, 0.3) is 0 Å². The Balaban J connectivity index is 2.21. The normalized spacial score (nSPS) is 27.7. The molecule has 0 aromatic carbocycles. The predicted molar refractivity (Wildman–Crippen MR) is 83.4 cm³/mol. The van der Waals surface area contributed by atoms with Gasteiger partial charge in [-0.1, -0.05) is 13.8 Å². The molecule has 0 bridgehead atoms. The molecule has 0 saturated carbocycles. The molecule has 2 unspecified atom stereocenters. The first-order chi connectivity index (χ1) is 9.78. The Morgan fingerprint density at radius 1 is 1.33 bits per heavy atom. The van der Waals surface area contributed by atoms with E-state index >= 15 is 0 Å². The third kappa shape index (κ3) is 3.56. The summed E-state index contributed by atoms with van der Waals surface area (Å²) in [7, 11) is -3.68. The summed E-state index contributed by atoms with van der Waals surface area (Å²) in [5.74, 6) is 0.316. The van der Waals surface area contributed by atoms with Gasteiger partial charge in [-0.25, -0.2) is 8.42 Å². The molecule has 2 atom stereocenters. The van der Waals surface area contributed by atoms with E-state index in [2.05, 4.69) is 0 Å². The van der Waals surface area contributed by atoms with Gasteiger partial charge in [-0.2, -0.15) is 11.8 Å². The van der Waals surface area contributed by atoms with Crippen LogP contribution in [0.25, 0.3) is 0 Å². The van der Waals surface area contributed by atoms with Crippen LogP contribution in [0.3, 0.4) is 0 Å². The van der Waals surface area contributed by atoms with Gasteiger partial charge in [-0.05, 0) is 43.1 Å². The average Bonchev–Trinajstić information content (AvgIpc) is 2.38.